The fourth-order valence-corrected chi connectivity index (χ4v) is 1.43. The van der Waals surface area contributed by atoms with Gasteiger partial charge in [0, 0.05) is 6.42 Å². The van der Waals surface area contributed by atoms with E-state index in [0.29, 0.717) is 0 Å². The summed E-state index contributed by atoms with van der Waals surface area (Å²) in [6, 6.07) is -0.225. The first-order valence-electron chi connectivity index (χ1n) is 4.21. The molecule has 1 aliphatic rings. The molecule has 78 valence electrons. The Morgan fingerprint density at radius 2 is 2.36 bits per heavy atom. The van der Waals surface area contributed by atoms with Crippen LogP contribution in [0.2, 0.25) is 0 Å². The van der Waals surface area contributed by atoms with E-state index in [9.17, 15) is 13.6 Å². The lowest BCUT2D eigenvalue weighted by Gasteiger charge is -2.20. The Morgan fingerprint density at radius 3 is 2.79 bits per heavy atom. The second kappa shape index (κ2) is 3.50. The molecule has 0 unspecified atom stereocenters. The molecule has 1 rings (SSSR count). The summed E-state index contributed by atoms with van der Waals surface area (Å²) in [5.74, 6) is -3.57. The van der Waals surface area contributed by atoms with Gasteiger partial charge in [0.25, 0.3) is 5.92 Å². The lowest BCUT2D eigenvalue weighted by molar-refractivity contribution is -0.133. The number of carbonyl (C=O) groups excluding carboxylic acids is 1. The first-order chi connectivity index (χ1) is 6.37. The maximum Gasteiger partial charge on any atom is 0.268 e. The number of carbonyl (C=O) groups is 1. The van der Waals surface area contributed by atoms with Crippen molar-refractivity contribution < 1.29 is 13.6 Å². The Morgan fingerprint density at radius 1 is 1.79 bits per heavy atom. The van der Waals surface area contributed by atoms with E-state index in [1.165, 1.54) is 6.92 Å². The molecule has 1 aliphatic heterocycles. The van der Waals surface area contributed by atoms with Gasteiger partial charge in [0.2, 0.25) is 5.91 Å². The van der Waals surface area contributed by atoms with Gasteiger partial charge in [0.1, 0.15) is 6.04 Å². The van der Waals surface area contributed by atoms with Crippen molar-refractivity contribution in [3.8, 4) is 6.07 Å². The van der Waals surface area contributed by atoms with E-state index in [4.69, 9.17) is 11.0 Å². The molecule has 0 aromatic carbocycles. The minimum absolute atomic E-state index is 0.595. The fourth-order valence-electron chi connectivity index (χ4n) is 1.43. The van der Waals surface area contributed by atoms with Gasteiger partial charge in [0.05, 0.1) is 18.7 Å². The van der Waals surface area contributed by atoms with Gasteiger partial charge >= 0.3 is 0 Å². The number of amides is 1. The van der Waals surface area contributed by atoms with Crippen LogP contribution in [0.5, 0.6) is 0 Å². The fraction of sp³-hybridized carbons (Fsp3) is 0.750. The number of hydrogen-bond donors (Lipinski definition) is 1. The SMILES string of the molecule is C[C@H](N)C(=O)N1CC(F)(F)C[C@H]1C#N. The number of alkyl halides is 2. The Kier molecular flexibility index (Phi) is 2.71. The van der Waals surface area contributed by atoms with Crippen LogP contribution in [0.1, 0.15) is 13.3 Å². The number of hydrogen-bond acceptors (Lipinski definition) is 3. The van der Waals surface area contributed by atoms with E-state index in [0.717, 1.165) is 4.90 Å². The van der Waals surface area contributed by atoms with Crippen molar-refractivity contribution in [3.05, 3.63) is 0 Å². The normalized spacial score (nSPS) is 27.1. The molecular weight excluding hydrogens is 192 g/mol. The monoisotopic (exact) mass is 203 g/mol. The minimum Gasteiger partial charge on any atom is -0.320 e. The van der Waals surface area contributed by atoms with E-state index in [1.54, 1.807) is 6.07 Å². The number of nitrogens with two attached hydrogens (primary N) is 1. The highest BCUT2D eigenvalue weighted by atomic mass is 19.3. The molecule has 1 fully saturated rings. The molecule has 0 saturated carbocycles. The predicted molar refractivity (Wildman–Crippen MR) is 44.3 cm³/mol. The van der Waals surface area contributed by atoms with Crippen LogP contribution in [0.15, 0.2) is 0 Å². The van der Waals surface area contributed by atoms with Gasteiger partial charge in [-0.05, 0) is 6.92 Å². The molecule has 1 saturated heterocycles. The third kappa shape index (κ3) is 1.99. The van der Waals surface area contributed by atoms with Crippen LogP contribution in [-0.2, 0) is 4.79 Å². The van der Waals surface area contributed by atoms with Crippen molar-refractivity contribution in [2.75, 3.05) is 6.54 Å². The van der Waals surface area contributed by atoms with Gasteiger partial charge in [-0.3, -0.25) is 4.79 Å². The van der Waals surface area contributed by atoms with Gasteiger partial charge in [0.15, 0.2) is 0 Å². The molecule has 0 aromatic rings. The molecule has 0 aromatic heterocycles. The van der Waals surface area contributed by atoms with Gasteiger partial charge in [-0.2, -0.15) is 5.26 Å². The molecule has 1 amide bonds. The Bertz CT molecular complexity index is 285. The van der Waals surface area contributed by atoms with Crippen LogP contribution in [-0.4, -0.2) is 35.4 Å². The standard InChI is InChI=1S/C8H11F2N3O/c1-5(12)7(14)13-4-8(9,10)2-6(13)3-11/h5-6H,2,4,12H2,1H3/t5-,6-/m0/s1. The summed E-state index contributed by atoms with van der Waals surface area (Å²) in [4.78, 5) is 12.2. The molecular formula is C8H11F2N3O. The van der Waals surface area contributed by atoms with E-state index in [-0.39, 0.29) is 0 Å². The maximum atomic E-state index is 12.9. The third-order valence-electron chi connectivity index (χ3n) is 2.09. The second-order valence-electron chi connectivity index (χ2n) is 3.46. The van der Waals surface area contributed by atoms with E-state index in [2.05, 4.69) is 0 Å². The predicted octanol–water partition coefficient (Wildman–Crippen LogP) is 0.0934. The van der Waals surface area contributed by atoms with Crippen molar-refractivity contribution in [2.45, 2.75) is 31.4 Å². The number of rotatable bonds is 1. The zero-order valence-corrected chi connectivity index (χ0v) is 7.70. The molecule has 0 radical (unpaired) electrons. The first kappa shape index (κ1) is 10.9. The largest absolute Gasteiger partial charge is 0.320 e. The summed E-state index contributed by atoms with van der Waals surface area (Å²) in [6.45, 7) is 0.707. The zero-order chi connectivity index (χ0) is 10.9. The number of nitriles is 1. The zero-order valence-electron chi connectivity index (χ0n) is 7.70. The third-order valence-corrected chi connectivity index (χ3v) is 2.09. The van der Waals surface area contributed by atoms with Gasteiger partial charge in [-0.15, -0.1) is 0 Å². The van der Waals surface area contributed by atoms with Crippen molar-refractivity contribution in [1.29, 1.82) is 5.26 Å². The number of nitrogens with zero attached hydrogens (tertiary/aromatic N) is 2. The second-order valence-corrected chi connectivity index (χ2v) is 3.46. The maximum absolute atomic E-state index is 12.9. The highest BCUT2D eigenvalue weighted by Gasteiger charge is 2.47. The molecule has 0 aliphatic carbocycles. The van der Waals surface area contributed by atoms with Gasteiger partial charge < -0.3 is 10.6 Å². The minimum atomic E-state index is -2.97. The van der Waals surface area contributed by atoms with Crippen LogP contribution in [0.3, 0.4) is 0 Å². The Balaban J connectivity index is 2.80. The van der Waals surface area contributed by atoms with E-state index >= 15 is 0 Å². The number of halogens is 2. The van der Waals surface area contributed by atoms with Crippen LogP contribution in [0.4, 0.5) is 8.78 Å². The van der Waals surface area contributed by atoms with Gasteiger partial charge in [-0.25, -0.2) is 8.78 Å². The molecule has 4 nitrogen and oxygen atoms in total. The topological polar surface area (TPSA) is 70.1 Å². The quantitative estimate of drug-likeness (QED) is 0.656. The summed E-state index contributed by atoms with van der Waals surface area (Å²) < 4.78 is 25.7. The van der Waals surface area contributed by atoms with E-state index in [1.807, 2.05) is 0 Å². The van der Waals surface area contributed by atoms with E-state index < -0.39 is 36.9 Å². The molecule has 14 heavy (non-hydrogen) atoms. The average molecular weight is 203 g/mol. The molecule has 1 heterocycles. The molecule has 6 heteroatoms. The molecule has 0 bridgehead atoms. The molecule has 2 N–H and O–H groups in total. The summed E-state index contributed by atoms with van der Waals surface area (Å²) >= 11 is 0. The average Bonchev–Trinajstić information content (AvgIpc) is 2.39. The molecule has 2 atom stereocenters. The van der Waals surface area contributed by atoms with Crippen LogP contribution >= 0.6 is 0 Å². The number of likely N-dealkylation sites (tertiary alicyclic amines) is 1. The first-order valence-corrected chi connectivity index (χ1v) is 4.21. The van der Waals surface area contributed by atoms with Crippen molar-refractivity contribution in [3.63, 3.8) is 0 Å². The lowest BCUT2D eigenvalue weighted by Crippen LogP contribution is -2.44. The van der Waals surface area contributed by atoms with Crippen molar-refractivity contribution >= 4 is 5.91 Å². The molecule has 0 spiro atoms. The Hall–Kier alpha value is -1.22. The lowest BCUT2D eigenvalue weighted by atomic mass is 10.2. The summed E-state index contributed by atoms with van der Waals surface area (Å²) in [5.41, 5.74) is 5.28. The summed E-state index contributed by atoms with van der Waals surface area (Å²) in [7, 11) is 0. The van der Waals surface area contributed by atoms with Crippen LogP contribution in [0, 0.1) is 11.3 Å². The highest BCUT2D eigenvalue weighted by Crippen LogP contribution is 2.31. The van der Waals surface area contributed by atoms with Gasteiger partial charge in [-0.1, -0.05) is 0 Å². The smallest absolute Gasteiger partial charge is 0.268 e. The Labute approximate surface area is 80.3 Å². The van der Waals surface area contributed by atoms with Crippen molar-refractivity contribution in [2.24, 2.45) is 5.73 Å². The van der Waals surface area contributed by atoms with Crippen LogP contribution in [0.25, 0.3) is 0 Å². The highest BCUT2D eigenvalue weighted by molar-refractivity contribution is 5.82. The summed E-state index contributed by atoms with van der Waals surface area (Å²) in [6.07, 6.45) is -0.595. The summed E-state index contributed by atoms with van der Waals surface area (Å²) in [5, 5.41) is 8.58. The van der Waals surface area contributed by atoms with Crippen molar-refractivity contribution in [1.82, 2.24) is 4.90 Å². The van der Waals surface area contributed by atoms with Crippen LogP contribution < -0.4 is 5.73 Å².